The molecule has 1 spiro atoms. The van der Waals surface area contributed by atoms with E-state index in [1.165, 1.54) is 0 Å². The standard InChI is InChI=1S/C23H25ClN4O4/c24-16-3-1-2-13-9-17(27-19(13)16)22(32)28-12-23(5-6-23)10-18(28)21(31)26-15(11-29)8-14-4-7-25-20(14)30/h1-3,9,11,14-15,18,27H,4-8,10,12H2,(H,25,30)(H,26,31)/t14-,15-,18-/m0/s1. The number of carbonyl (C=O) groups excluding carboxylic acids is 4. The van der Waals surface area contributed by atoms with Crippen LogP contribution in [-0.4, -0.2) is 59.1 Å². The highest BCUT2D eigenvalue weighted by Crippen LogP contribution is 2.55. The first-order chi connectivity index (χ1) is 15.4. The van der Waals surface area contributed by atoms with Crippen LogP contribution in [0.15, 0.2) is 24.3 Å². The Balaban J connectivity index is 1.34. The van der Waals surface area contributed by atoms with Gasteiger partial charge in [0.25, 0.3) is 5.91 Å². The van der Waals surface area contributed by atoms with Gasteiger partial charge in [0.15, 0.2) is 0 Å². The topological polar surface area (TPSA) is 111 Å². The number of H-pyrrole nitrogens is 1. The largest absolute Gasteiger partial charge is 0.356 e. The highest BCUT2D eigenvalue weighted by Gasteiger charge is 2.55. The van der Waals surface area contributed by atoms with E-state index in [4.69, 9.17) is 11.6 Å². The molecule has 1 aromatic carbocycles. The Hall–Kier alpha value is -2.87. The summed E-state index contributed by atoms with van der Waals surface area (Å²) in [5, 5.41) is 6.89. The van der Waals surface area contributed by atoms with Gasteiger partial charge in [-0.3, -0.25) is 14.4 Å². The number of aldehydes is 1. The van der Waals surface area contributed by atoms with Gasteiger partial charge in [-0.2, -0.15) is 0 Å². The quantitative estimate of drug-likeness (QED) is 0.577. The lowest BCUT2D eigenvalue weighted by Crippen LogP contribution is -2.49. The molecule has 3 N–H and O–H groups in total. The van der Waals surface area contributed by atoms with Crippen molar-refractivity contribution in [3.8, 4) is 0 Å². The minimum absolute atomic E-state index is 0.0106. The number of carbonyl (C=O) groups is 4. The second-order valence-corrected chi connectivity index (χ2v) is 9.71. The molecule has 9 heteroatoms. The van der Waals surface area contributed by atoms with E-state index in [0.717, 1.165) is 18.2 Å². The van der Waals surface area contributed by atoms with E-state index in [0.29, 0.717) is 48.5 Å². The van der Waals surface area contributed by atoms with Crippen molar-refractivity contribution in [2.24, 2.45) is 11.3 Å². The molecule has 2 saturated heterocycles. The predicted molar refractivity (Wildman–Crippen MR) is 118 cm³/mol. The van der Waals surface area contributed by atoms with Crippen molar-refractivity contribution in [3.63, 3.8) is 0 Å². The average Bonchev–Trinajstić information content (AvgIpc) is 3.08. The maximum Gasteiger partial charge on any atom is 0.271 e. The molecule has 0 radical (unpaired) electrons. The summed E-state index contributed by atoms with van der Waals surface area (Å²) in [5.41, 5.74) is 1.07. The summed E-state index contributed by atoms with van der Waals surface area (Å²) in [6.07, 6.45) is 4.15. The van der Waals surface area contributed by atoms with Gasteiger partial charge in [-0.15, -0.1) is 0 Å². The number of hydrogen-bond donors (Lipinski definition) is 3. The first-order valence-corrected chi connectivity index (χ1v) is 11.4. The van der Waals surface area contributed by atoms with Crippen molar-refractivity contribution in [3.05, 3.63) is 35.0 Å². The van der Waals surface area contributed by atoms with E-state index in [-0.39, 0.29) is 35.5 Å². The number of para-hydroxylation sites is 1. The van der Waals surface area contributed by atoms with Gasteiger partial charge in [0, 0.05) is 24.4 Å². The zero-order valence-electron chi connectivity index (χ0n) is 17.5. The van der Waals surface area contributed by atoms with Crippen LogP contribution in [0.2, 0.25) is 5.02 Å². The lowest BCUT2D eigenvalue weighted by Gasteiger charge is -2.25. The molecule has 2 aromatic rings. The molecule has 3 atom stereocenters. The van der Waals surface area contributed by atoms with Gasteiger partial charge in [0.1, 0.15) is 18.0 Å². The van der Waals surface area contributed by atoms with Crippen LogP contribution in [0.1, 0.15) is 42.6 Å². The molecule has 168 valence electrons. The predicted octanol–water partition coefficient (Wildman–Crippen LogP) is 2.03. The summed E-state index contributed by atoms with van der Waals surface area (Å²) in [6.45, 7) is 1.11. The van der Waals surface area contributed by atoms with Crippen LogP contribution in [0.25, 0.3) is 10.9 Å². The van der Waals surface area contributed by atoms with Gasteiger partial charge in [0.05, 0.1) is 16.6 Å². The summed E-state index contributed by atoms with van der Waals surface area (Å²) < 4.78 is 0. The average molecular weight is 457 g/mol. The first-order valence-electron chi connectivity index (χ1n) is 11.0. The summed E-state index contributed by atoms with van der Waals surface area (Å²) in [4.78, 5) is 54.7. The third kappa shape index (κ3) is 3.77. The number of amides is 3. The van der Waals surface area contributed by atoms with Crippen molar-refractivity contribution in [2.45, 2.75) is 44.2 Å². The van der Waals surface area contributed by atoms with Crippen LogP contribution in [0, 0.1) is 11.3 Å². The molecule has 2 aliphatic heterocycles. The highest BCUT2D eigenvalue weighted by atomic mass is 35.5. The van der Waals surface area contributed by atoms with Crippen LogP contribution in [0.4, 0.5) is 0 Å². The third-order valence-corrected chi connectivity index (χ3v) is 7.37. The smallest absolute Gasteiger partial charge is 0.271 e. The zero-order chi connectivity index (χ0) is 22.5. The van der Waals surface area contributed by atoms with Crippen LogP contribution >= 0.6 is 11.6 Å². The summed E-state index contributed by atoms with van der Waals surface area (Å²) in [6, 6.07) is 5.80. The molecule has 3 fully saturated rings. The molecule has 0 bridgehead atoms. The molecule has 1 aromatic heterocycles. The number of fused-ring (bicyclic) bond motifs is 1. The Morgan fingerprint density at radius 3 is 2.81 bits per heavy atom. The maximum absolute atomic E-state index is 13.4. The Labute approximate surface area is 190 Å². The molecule has 3 heterocycles. The van der Waals surface area contributed by atoms with Crippen molar-refractivity contribution in [2.75, 3.05) is 13.1 Å². The number of benzene rings is 1. The van der Waals surface area contributed by atoms with Crippen LogP contribution in [-0.2, 0) is 14.4 Å². The maximum atomic E-state index is 13.4. The van der Waals surface area contributed by atoms with Gasteiger partial charge < -0.3 is 25.3 Å². The highest BCUT2D eigenvalue weighted by molar-refractivity contribution is 6.35. The SMILES string of the molecule is O=C[C@H](C[C@@H]1CCNC1=O)NC(=O)[C@@H]1CC2(CC2)CN1C(=O)c1cc2cccc(Cl)c2[nH]1. The Kier molecular flexibility index (Phi) is 5.20. The molecule has 5 rings (SSSR count). The second-order valence-electron chi connectivity index (χ2n) is 9.30. The molecule has 0 unspecified atom stereocenters. The fraction of sp³-hybridized carbons (Fsp3) is 0.478. The van der Waals surface area contributed by atoms with Crippen LogP contribution in [0.3, 0.4) is 0 Å². The van der Waals surface area contributed by atoms with Gasteiger partial charge in [-0.1, -0.05) is 23.7 Å². The van der Waals surface area contributed by atoms with Crippen LogP contribution < -0.4 is 10.6 Å². The minimum Gasteiger partial charge on any atom is -0.356 e. The molecule has 3 amide bonds. The number of nitrogens with one attached hydrogen (secondary N) is 3. The van der Waals surface area contributed by atoms with Crippen molar-refractivity contribution < 1.29 is 19.2 Å². The van der Waals surface area contributed by atoms with E-state index < -0.39 is 12.1 Å². The molecule has 8 nitrogen and oxygen atoms in total. The van der Waals surface area contributed by atoms with Gasteiger partial charge >= 0.3 is 0 Å². The van der Waals surface area contributed by atoms with Crippen molar-refractivity contribution >= 4 is 46.5 Å². The van der Waals surface area contributed by atoms with E-state index in [1.807, 2.05) is 12.1 Å². The lowest BCUT2D eigenvalue weighted by atomic mass is 9.98. The number of likely N-dealkylation sites (tertiary alicyclic amines) is 1. The van der Waals surface area contributed by atoms with Gasteiger partial charge in [0.2, 0.25) is 11.8 Å². The van der Waals surface area contributed by atoms with Crippen molar-refractivity contribution in [1.29, 1.82) is 0 Å². The van der Waals surface area contributed by atoms with E-state index in [1.54, 1.807) is 17.0 Å². The number of aromatic nitrogens is 1. The third-order valence-electron chi connectivity index (χ3n) is 7.06. The molecule has 3 aliphatic rings. The van der Waals surface area contributed by atoms with Gasteiger partial charge in [-0.25, -0.2) is 0 Å². The number of aromatic amines is 1. The van der Waals surface area contributed by atoms with E-state index in [9.17, 15) is 19.2 Å². The molecular formula is C23H25ClN4O4. The summed E-state index contributed by atoms with van der Waals surface area (Å²) in [7, 11) is 0. The molecule has 1 saturated carbocycles. The molecule has 1 aliphatic carbocycles. The Bertz CT molecular complexity index is 1110. The normalized spacial score (nSPS) is 24.5. The minimum atomic E-state index is -0.754. The zero-order valence-corrected chi connectivity index (χ0v) is 18.3. The van der Waals surface area contributed by atoms with Crippen molar-refractivity contribution in [1.82, 2.24) is 20.5 Å². The number of hydrogen-bond acceptors (Lipinski definition) is 4. The Morgan fingerprint density at radius 2 is 2.16 bits per heavy atom. The number of rotatable bonds is 6. The second kappa shape index (κ2) is 7.92. The fourth-order valence-corrected chi connectivity index (χ4v) is 5.27. The molecule has 32 heavy (non-hydrogen) atoms. The first kappa shape index (κ1) is 21.0. The van der Waals surface area contributed by atoms with E-state index in [2.05, 4.69) is 15.6 Å². The lowest BCUT2D eigenvalue weighted by molar-refractivity contribution is -0.128. The fourth-order valence-electron chi connectivity index (χ4n) is 5.04. The van der Waals surface area contributed by atoms with Crippen LogP contribution in [0.5, 0.6) is 0 Å². The van der Waals surface area contributed by atoms with Gasteiger partial charge in [-0.05, 0) is 49.7 Å². The number of halogens is 1. The molecular weight excluding hydrogens is 432 g/mol. The summed E-state index contributed by atoms with van der Waals surface area (Å²) in [5.74, 6) is -0.957. The monoisotopic (exact) mass is 456 g/mol. The Morgan fingerprint density at radius 1 is 1.34 bits per heavy atom. The van der Waals surface area contributed by atoms with E-state index >= 15 is 0 Å². The summed E-state index contributed by atoms with van der Waals surface area (Å²) >= 11 is 6.24. The number of nitrogens with zero attached hydrogens (tertiary/aromatic N) is 1.